The van der Waals surface area contributed by atoms with Crippen molar-refractivity contribution in [1.29, 1.82) is 0 Å². The normalized spacial score (nSPS) is 12.0. The molecule has 0 bridgehead atoms. The quantitative estimate of drug-likeness (QED) is 0.253. The Morgan fingerprint density at radius 3 is 2.35 bits per heavy atom. The number of rotatable bonds is 0. The lowest BCUT2D eigenvalue weighted by Gasteiger charge is -2.14. The Morgan fingerprint density at radius 2 is 1.58 bits per heavy atom. The van der Waals surface area contributed by atoms with Gasteiger partial charge in [0.2, 0.25) is 5.43 Å². The van der Waals surface area contributed by atoms with E-state index in [1.54, 1.807) is 19.1 Å². The summed E-state index contributed by atoms with van der Waals surface area (Å²) in [6, 6.07) is 7.54. The monoisotopic (exact) mass is 345 g/mol. The number of aryl methyl sites for hydroxylation is 1. The topological polar surface area (TPSA) is 111 Å². The molecule has 6 nitrogen and oxygen atoms in total. The number of benzene rings is 4. The lowest BCUT2D eigenvalue weighted by Crippen LogP contribution is -2.17. The number of hydrogen-bond donors (Lipinski definition) is 2. The van der Waals surface area contributed by atoms with E-state index in [9.17, 15) is 19.5 Å². The van der Waals surface area contributed by atoms with Crippen LogP contribution in [0.3, 0.4) is 0 Å². The Hall–Kier alpha value is -3.67. The molecule has 0 saturated heterocycles. The highest BCUT2D eigenvalue weighted by Crippen LogP contribution is 2.41. The lowest BCUT2D eigenvalue weighted by molar-refractivity contribution is 0.348. The van der Waals surface area contributed by atoms with Gasteiger partial charge >= 0.3 is 0 Å². The van der Waals surface area contributed by atoms with E-state index in [4.69, 9.17) is 10.2 Å². The zero-order valence-corrected chi connectivity index (χ0v) is 13.5. The fourth-order valence-corrected chi connectivity index (χ4v) is 3.88. The number of anilines is 1. The van der Waals surface area contributed by atoms with Crippen molar-refractivity contribution >= 4 is 49.0 Å². The van der Waals surface area contributed by atoms with E-state index in [-0.39, 0.29) is 32.8 Å². The van der Waals surface area contributed by atoms with Crippen LogP contribution in [0.25, 0.3) is 43.3 Å². The smallest absolute Gasteiger partial charge is 0.290 e. The Morgan fingerprint density at radius 1 is 0.846 bits per heavy atom. The third-order valence-electron chi connectivity index (χ3n) is 5.04. The molecule has 1 aromatic heterocycles. The SMILES string of the molecule is Cc1ccc2c(=O)c(N)c3c(=O)c4cccc(=O)c4c4oc(O)c1c2c34. The average molecular weight is 345 g/mol. The summed E-state index contributed by atoms with van der Waals surface area (Å²) in [5.41, 5.74) is 5.19. The molecule has 0 aliphatic rings. The maximum Gasteiger partial charge on any atom is 0.290 e. The summed E-state index contributed by atoms with van der Waals surface area (Å²) >= 11 is 0. The van der Waals surface area contributed by atoms with Crippen LogP contribution in [0, 0.1) is 6.92 Å². The molecule has 0 amide bonds. The third kappa shape index (κ3) is 1.49. The molecule has 1 heterocycles. The maximum absolute atomic E-state index is 13.0. The first-order chi connectivity index (χ1) is 12.4. The van der Waals surface area contributed by atoms with Crippen LogP contribution in [0.4, 0.5) is 5.69 Å². The largest absolute Gasteiger partial charge is 0.480 e. The Balaban J connectivity index is 2.39. The van der Waals surface area contributed by atoms with E-state index in [2.05, 4.69) is 0 Å². The van der Waals surface area contributed by atoms with E-state index in [0.29, 0.717) is 21.7 Å². The maximum atomic E-state index is 13.0. The minimum atomic E-state index is -0.495. The molecule has 6 heteroatoms. The van der Waals surface area contributed by atoms with E-state index in [1.165, 1.54) is 18.2 Å². The molecule has 5 aromatic rings. The predicted octanol–water partition coefficient (Wildman–Crippen LogP) is 2.44. The molecular formula is C20H11NO5. The molecule has 5 rings (SSSR count). The number of aromatic hydroxyl groups is 1. The van der Waals surface area contributed by atoms with Gasteiger partial charge in [0.1, 0.15) is 0 Å². The van der Waals surface area contributed by atoms with Crippen LogP contribution in [0.1, 0.15) is 5.56 Å². The van der Waals surface area contributed by atoms with Gasteiger partial charge in [-0.05, 0) is 18.6 Å². The molecule has 0 aliphatic heterocycles. The highest BCUT2D eigenvalue weighted by Gasteiger charge is 2.25. The van der Waals surface area contributed by atoms with Gasteiger partial charge in [-0.3, -0.25) is 14.4 Å². The van der Waals surface area contributed by atoms with Gasteiger partial charge in [-0.1, -0.05) is 24.3 Å². The summed E-state index contributed by atoms with van der Waals surface area (Å²) in [6.07, 6.45) is 0. The van der Waals surface area contributed by atoms with Crippen LogP contribution in [0.2, 0.25) is 0 Å². The molecule has 0 atom stereocenters. The van der Waals surface area contributed by atoms with Gasteiger partial charge in [-0.25, -0.2) is 0 Å². The van der Waals surface area contributed by atoms with Crippen molar-refractivity contribution in [2.45, 2.75) is 6.92 Å². The second kappa shape index (κ2) is 4.49. The first-order valence-electron chi connectivity index (χ1n) is 7.94. The molecule has 0 fully saturated rings. The van der Waals surface area contributed by atoms with Crippen molar-refractivity contribution in [3.63, 3.8) is 0 Å². The number of nitrogens with two attached hydrogens (primary N) is 1. The van der Waals surface area contributed by atoms with Crippen molar-refractivity contribution < 1.29 is 9.52 Å². The van der Waals surface area contributed by atoms with E-state index >= 15 is 0 Å². The highest BCUT2D eigenvalue weighted by atomic mass is 16.5. The molecule has 0 spiro atoms. The number of fused-ring (bicyclic) bond motifs is 2. The molecular weight excluding hydrogens is 334 g/mol. The lowest BCUT2D eigenvalue weighted by atomic mass is 9.91. The molecule has 26 heavy (non-hydrogen) atoms. The minimum Gasteiger partial charge on any atom is -0.480 e. The van der Waals surface area contributed by atoms with Crippen LogP contribution in [0.5, 0.6) is 5.95 Å². The van der Waals surface area contributed by atoms with Crippen molar-refractivity contribution in [2.75, 3.05) is 5.73 Å². The summed E-state index contributed by atoms with van der Waals surface area (Å²) < 4.78 is 5.59. The summed E-state index contributed by atoms with van der Waals surface area (Å²) in [5, 5.41) is 12.0. The van der Waals surface area contributed by atoms with Crippen LogP contribution < -0.4 is 22.0 Å². The van der Waals surface area contributed by atoms with Crippen LogP contribution in [-0.2, 0) is 0 Å². The van der Waals surface area contributed by atoms with Gasteiger partial charge in [-0.15, -0.1) is 0 Å². The third-order valence-corrected chi connectivity index (χ3v) is 5.04. The Bertz CT molecular complexity index is 1570. The molecule has 0 unspecified atom stereocenters. The second-order valence-corrected chi connectivity index (χ2v) is 6.42. The first kappa shape index (κ1) is 14.7. The molecule has 3 N–H and O–H groups in total. The minimum absolute atomic E-state index is 0.0231. The van der Waals surface area contributed by atoms with Crippen LogP contribution in [0.15, 0.2) is 49.1 Å². The van der Waals surface area contributed by atoms with Gasteiger partial charge in [0.05, 0.1) is 21.8 Å². The fraction of sp³-hybridized carbons (Fsp3) is 0.0500. The molecule has 0 saturated carbocycles. The average Bonchev–Trinajstić information content (AvgIpc) is 2.61. The van der Waals surface area contributed by atoms with Gasteiger partial charge in [0.25, 0.3) is 5.95 Å². The number of hydrogen-bond acceptors (Lipinski definition) is 6. The second-order valence-electron chi connectivity index (χ2n) is 6.42. The van der Waals surface area contributed by atoms with Gasteiger partial charge in [0.15, 0.2) is 16.4 Å². The molecule has 0 aliphatic carbocycles. The Kier molecular flexibility index (Phi) is 2.53. The van der Waals surface area contributed by atoms with E-state index in [1.807, 2.05) is 0 Å². The van der Waals surface area contributed by atoms with E-state index < -0.39 is 22.2 Å². The summed E-state index contributed by atoms with van der Waals surface area (Å²) in [4.78, 5) is 38.2. The van der Waals surface area contributed by atoms with E-state index in [0.717, 1.165) is 0 Å². The Labute approximate surface area is 144 Å². The van der Waals surface area contributed by atoms with Crippen molar-refractivity contribution in [3.8, 4) is 5.95 Å². The summed E-state index contributed by atoms with van der Waals surface area (Å²) in [7, 11) is 0. The highest BCUT2D eigenvalue weighted by molar-refractivity contribution is 6.30. The molecule has 0 radical (unpaired) electrons. The van der Waals surface area contributed by atoms with Crippen molar-refractivity contribution in [2.24, 2.45) is 0 Å². The summed E-state index contributed by atoms with van der Waals surface area (Å²) in [6.45, 7) is 1.75. The standard InChI is InChI=1S/C20H11NO5/c1-7-5-6-9-13-11(7)20(25)26-19-12-8(3-2-4-10(12)22)17(23)15(14(13)19)16(21)18(9)24/h2-6,25H,21H2,1H3. The van der Waals surface area contributed by atoms with Crippen LogP contribution >= 0.6 is 0 Å². The predicted molar refractivity (Wildman–Crippen MR) is 101 cm³/mol. The van der Waals surface area contributed by atoms with Gasteiger partial charge in [-0.2, -0.15) is 0 Å². The summed E-state index contributed by atoms with van der Waals surface area (Å²) in [5.74, 6) is -0.408. The fourth-order valence-electron chi connectivity index (χ4n) is 3.88. The van der Waals surface area contributed by atoms with Gasteiger partial charge in [0, 0.05) is 21.5 Å². The van der Waals surface area contributed by atoms with Gasteiger partial charge < -0.3 is 15.3 Å². The molecule has 126 valence electrons. The zero-order valence-electron chi connectivity index (χ0n) is 13.5. The van der Waals surface area contributed by atoms with Crippen molar-refractivity contribution in [3.05, 3.63) is 66.6 Å². The zero-order chi connectivity index (χ0) is 18.3. The van der Waals surface area contributed by atoms with Crippen LogP contribution in [-0.4, -0.2) is 5.11 Å². The number of nitrogen functional groups attached to an aromatic ring is 1. The first-order valence-corrected chi connectivity index (χ1v) is 7.94. The molecule has 4 aromatic carbocycles. The van der Waals surface area contributed by atoms with Crippen molar-refractivity contribution in [1.82, 2.24) is 0 Å².